The number of Topliss-reactive ketones (excluding diaryl/α,β-unsaturated/α-hetero) is 1. The first-order valence-electron chi connectivity index (χ1n) is 8.73. The number of rotatable bonds is 4. The lowest BCUT2D eigenvalue weighted by Gasteiger charge is -2.49. The van der Waals surface area contributed by atoms with Crippen molar-refractivity contribution < 1.29 is 17.9 Å². The third-order valence-corrected chi connectivity index (χ3v) is 7.58. The number of pyridine rings is 1. The molecule has 0 spiro atoms. The van der Waals surface area contributed by atoms with E-state index in [2.05, 4.69) is 4.98 Å². The molecule has 1 aromatic carbocycles. The summed E-state index contributed by atoms with van der Waals surface area (Å²) in [6.45, 7) is 0. The summed E-state index contributed by atoms with van der Waals surface area (Å²) in [6, 6.07) is 8.72. The van der Waals surface area contributed by atoms with Crippen LogP contribution in [0, 0.1) is 5.92 Å². The number of benzene rings is 1. The highest BCUT2D eigenvalue weighted by molar-refractivity contribution is 7.89. The number of hydrogen-bond donors (Lipinski definition) is 0. The number of methoxy groups -OCH3 is 1. The van der Waals surface area contributed by atoms with Gasteiger partial charge >= 0.3 is 0 Å². The maximum Gasteiger partial charge on any atom is 0.243 e. The lowest BCUT2D eigenvalue weighted by atomic mass is 9.73. The van der Waals surface area contributed by atoms with Gasteiger partial charge in [0.05, 0.1) is 18.0 Å². The van der Waals surface area contributed by atoms with Crippen LogP contribution in [0.4, 0.5) is 0 Å². The zero-order valence-corrected chi connectivity index (χ0v) is 16.3. The molecule has 3 aliphatic rings. The number of carbonyl (C=O) groups is 1. The summed E-state index contributed by atoms with van der Waals surface area (Å²) in [4.78, 5) is 16.9. The van der Waals surface area contributed by atoms with Crippen LogP contribution >= 0.6 is 11.6 Å². The first-order chi connectivity index (χ1) is 12.9. The van der Waals surface area contributed by atoms with Crippen LogP contribution < -0.4 is 4.74 Å². The number of hydrogen-bond acceptors (Lipinski definition) is 5. The number of ketones is 1. The average Bonchev–Trinajstić information content (AvgIpc) is 2.68. The van der Waals surface area contributed by atoms with Gasteiger partial charge < -0.3 is 4.74 Å². The molecule has 2 saturated heterocycles. The normalized spacial score (nSPS) is 25.6. The number of halogens is 1. The lowest BCUT2D eigenvalue weighted by molar-refractivity contribution is -0.133. The number of nitrogens with zero attached hydrogens (tertiary/aromatic N) is 2. The first kappa shape index (κ1) is 18.4. The molecule has 1 aliphatic carbocycles. The summed E-state index contributed by atoms with van der Waals surface area (Å²) in [6.07, 6.45) is 3.23. The fourth-order valence-electron chi connectivity index (χ4n) is 4.11. The van der Waals surface area contributed by atoms with Gasteiger partial charge in [0.1, 0.15) is 5.78 Å². The van der Waals surface area contributed by atoms with Crippen molar-refractivity contribution in [3.63, 3.8) is 0 Å². The van der Waals surface area contributed by atoms with Crippen molar-refractivity contribution in [2.45, 2.75) is 36.2 Å². The molecule has 27 heavy (non-hydrogen) atoms. The molecule has 142 valence electrons. The summed E-state index contributed by atoms with van der Waals surface area (Å²) in [5, 5.41) is 0.472. The molecule has 0 radical (unpaired) electrons. The Labute approximate surface area is 163 Å². The highest BCUT2D eigenvalue weighted by Crippen LogP contribution is 2.48. The molecule has 8 heteroatoms. The second-order valence-corrected chi connectivity index (χ2v) is 9.16. The van der Waals surface area contributed by atoms with E-state index in [0.29, 0.717) is 29.3 Å². The SMILES string of the molecule is COc1ccc([C@@H]2[C@@H]3CC[C@@H](CC3=O)N2S(=O)(=O)c2ccc(Cl)cc2)cn1. The van der Waals surface area contributed by atoms with Crippen molar-refractivity contribution in [3.05, 3.63) is 53.2 Å². The molecule has 3 fully saturated rings. The molecule has 1 aromatic heterocycles. The summed E-state index contributed by atoms with van der Waals surface area (Å²) < 4.78 is 33.5. The van der Waals surface area contributed by atoms with Crippen LogP contribution in [-0.2, 0) is 14.8 Å². The van der Waals surface area contributed by atoms with Crippen LogP contribution in [0.3, 0.4) is 0 Å². The minimum absolute atomic E-state index is 0.120. The Morgan fingerprint density at radius 1 is 1.15 bits per heavy atom. The predicted octanol–water partition coefficient (Wildman–Crippen LogP) is 3.23. The summed E-state index contributed by atoms with van der Waals surface area (Å²) >= 11 is 5.91. The van der Waals surface area contributed by atoms with Gasteiger partial charge in [-0.3, -0.25) is 4.79 Å². The maximum absolute atomic E-state index is 13.4. The van der Waals surface area contributed by atoms with Gasteiger partial charge in [-0.25, -0.2) is 13.4 Å². The summed E-state index contributed by atoms with van der Waals surface area (Å²) in [5.74, 6) is 0.208. The van der Waals surface area contributed by atoms with Crippen molar-refractivity contribution in [2.75, 3.05) is 7.11 Å². The molecule has 6 nitrogen and oxygen atoms in total. The molecule has 3 heterocycles. The van der Waals surface area contributed by atoms with Crippen LogP contribution in [0.5, 0.6) is 5.88 Å². The van der Waals surface area contributed by atoms with Crippen molar-refractivity contribution in [1.29, 1.82) is 0 Å². The number of fused-ring (bicyclic) bond motifs is 3. The number of sulfonamides is 1. The van der Waals surface area contributed by atoms with Gasteiger partial charge in [-0.05, 0) is 42.7 Å². The fraction of sp³-hybridized carbons (Fsp3) is 0.368. The van der Waals surface area contributed by atoms with E-state index >= 15 is 0 Å². The van der Waals surface area contributed by atoms with Gasteiger partial charge in [0.2, 0.25) is 15.9 Å². The molecular formula is C19H19ClN2O4S. The van der Waals surface area contributed by atoms with Crippen molar-refractivity contribution >= 4 is 27.4 Å². The summed E-state index contributed by atoms with van der Waals surface area (Å²) in [7, 11) is -2.26. The quantitative estimate of drug-likeness (QED) is 0.779. The molecule has 1 saturated carbocycles. The Bertz CT molecular complexity index is 960. The standard InChI is InChI=1S/C19H19ClN2O4S/c1-26-18-9-2-12(11-21-18)19-16-8-5-14(10-17(16)23)22(19)27(24,25)15-6-3-13(20)4-7-15/h2-4,6-7,9,11,14,16,19H,5,8,10H2,1H3/t14-,16+,19+/m0/s1. The molecule has 2 aliphatic heterocycles. The van der Waals surface area contributed by atoms with E-state index in [1.54, 1.807) is 30.5 Å². The van der Waals surface area contributed by atoms with E-state index in [0.717, 1.165) is 0 Å². The van der Waals surface area contributed by atoms with Gasteiger partial charge in [-0.1, -0.05) is 17.7 Å². The molecule has 0 N–H and O–H groups in total. The Balaban J connectivity index is 1.80. The van der Waals surface area contributed by atoms with Crippen molar-refractivity contribution in [1.82, 2.24) is 9.29 Å². The van der Waals surface area contributed by atoms with E-state index in [1.165, 1.54) is 23.5 Å². The third-order valence-electron chi connectivity index (χ3n) is 5.38. The second kappa shape index (κ2) is 6.89. The van der Waals surface area contributed by atoms with Crippen LogP contribution in [0.1, 0.15) is 30.9 Å². The Kier molecular flexibility index (Phi) is 4.70. The van der Waals surface area contributed by atoms with Crippen molar-refractivity contribution in [2.24, 2.45) is 5.92 Å². The highest BCUT2D eigenvalue weighted by Gasteiger charge is 2.52. The smallest absolute Gasteiger partial charge is 0.243 e. The monoisotopic (exact) mass is 406 g/mol. The van der Waals surface area contributed by atoms with Gasteiger partial charge in [0, 0.05) is 35.7 Å². The average molecular weight is 407 g/mol. The van der Waals surface area contributed by atoms with Gasteiger partial charge in [-0.2, -0.15) is 4.31 Å². The minimum Gasteiger partial charge on any atom is -0.481 e. The van der Waals surface area contributed by atoms with Gasteiger partial charge in [0.15, 0.2) is 0 Å². The van der Waals surface area contributed by atoms with Gasteiger partial charge in [-0.15, -0.1) is 0 Å². The Morgan fingerprint density at radius 3 is 2.48 bits per heavy atom. The van der Waals surface area contributed by atoms with Crippen LogP contribution in [0.2, 0.25) is 5.02 Å². The molecule has 2 bridgehead atoms. The zero-order chi connectivity index (χ0) is 19.2. The highest BCUT2D eigenvalue weighted by atomic mass is 35.5. The maximum atomic E-state index is 13.4. The minimum atomic E-state index is -3.78. The van der Waals surface area contributed by atoms with E-state index in [1.807, 2.05) is 0 Å². The van der Waals surface area contributed by atoms with E-state index < -0.39 is 16.1 Å². The number of aromatic nitrogens is 1. The summed E-state index contributed by atoms with van der Waals surface area (Å²) in [5.41, 5.74) is 0.705. The topological polar surface area (TPSA) is 76.6 Å². The molecule has 5 rings (SSSR count). The molecule has 2 aromatic rings. The van der Waals surface area contributed by atoms with Crippen LogP contribution in [0.25, 0.3) is 0 Å². The second-order valence-electron chi connectivity index (χ2n) is 6.88. The van der Waals surface area contributed by atoms with Crippen molar-refractivity contribution in [3.8, 4) is 5.88 Å². The number of carbonyl (C=O) groups excluding carboxylic acids is 1. The Morgan fingerprint density at radius 2 is 1.89 bits per heavy atom. The number of piperidine rings is 2. The fourth-order valence-corrected chi connectivity index (χ4v) is 6.10. The molecule has 3 atom stereocenters. The van der Waals surface area contributed by atoms with Crippen LogP contribution in [-0.4, -0.2) is 36.6 Å². The van der Waals surface area contributed by atoms with E-state index in [9.17, 15) is 13.2 Å². The zero-order valence-electron chi connectivity index (χ0n) is 14.7. The third kappa shape index (κ3) is 3.13. The van der Waals surface area contributed by atoms with E-state index in [4.69, 9.17) is 16.3 Å². The molecular weight excluding hydrogens is 388 g/mol. The lowest BCUT2D eigenvalue weighted by Crippen LogP contribution is -2.56. The predicted molar refractivity (Wildman–Crippen MR) is 100 cm³/mol. The van der Waals surface area contributed by atoms with E-state index in [-0.39, 0.29) is 29.1 Å². The number of ether oxygens (including phenoxy) is 1. The van der Waals surface area contributed by atoms with Crippen LogP contribution in [0.15, 0.2) is 47.5 Å². The molecule has 0 amide bonds. The first-order valence-corrected chi connectivity index (χ1v) is 10.6. The van der Waals surface area contributed by atoms with Gasteiger partial charge in [0.25, 0.3) is 0 Å². The largest absolute Gasteiger partial charge is 0.481 e. The Hall–Kier alpha value is -1.96. The molecule has 0 unspecified atom stereocenters.